The lowest BCUT2D eigenvalue weighted by Gasteiger charge is -2.41. The zero-order valence-electron chi connectivity index (χ0n) is 19.9. The number of carbonyl (C=O) groups is 4. The number of rotatable bonds is 2. The summed E-state index contributed by atoms with van der Waals surface area (Å²) in [6, 6.07) is 0. The minimum absolute atomic E-state index is 0.0299. The Balaban J connectivity index is 2.13. The van der Waals surface area contributed by atoms with Crippen molar-refractivity contribution in [1.29, 1.82) is 0 Å². The minimum atomic E-state index is -1.89. The van der Waals surface area contributed by atoms with E-state index in [9.17, 15) is 24.3 Å². The number of esters is 4. The third kappa shape index (κ3) is 3.95. The average molecular weight is 467 g/mol. The summed E-state index contributed by atoms with van der Waals surface area (Å²) in [7, 11) is 1.84. The van der Waals surface area contributed by atoms with Crippen LogP contribution < -0.4 is 0 Å². The van der Waals surface area contributed by atoms with Gasteiger partial charge in [-0.3, -0.25) is 14.1 Å². The first-order valence-corrected chi connectivity index (χ1v) is 11.0. The molecule has 6 atom stereocenters. The van der Waals surface area contributed by atoms with Crippen molar-refractivity contribution in [3.63, 3.8) is 0 Å². The van der Waals surface area contributed by atoms with Crippen molar-refractivity contribution < 1.29 is 47.7 Å². The molecule has 0 aromatic rings. The van der Waals surface area contributed by atoms with Gasteiger partial charge in [0, 0.05) is 26.2 Å². The molecule has 0 aromatic carbocycles. The van der Waals surface area contributed by atoms with E-state index in [0.717, 1.165) is 6.92 Å². The monoisotopic (exact) mass is 466 g/mol. The van der Waals surface area contributed by atoms with E-state index in [2.05, 4.69) is 0 Å². The van der Waals surface area contributed by atoms with Gasteiger partial charge in [-0.2, -0.15) is 0 Å². The van der Waals surface area contributed by atoms with E-state index in [0.29, 0.717) is 25.1 Å². The second-order valence-corrected chi connectivity index (χ2v) is 9.28. The number of ether oxygens (including phenoxy) is 4. The number of nitrogens with zero attached hydrogens (tertiary/aromatic N) is 1. The van der Waals surface area contributed by atoms with E-state index in [1.54, 1.807) is 13.0 Å². The van der Waals surface area contributed by atoms with E-state index in [-0.39, 0.29) is 16.7 Å². The van der Waals surface area contributed by atoms with Crippen LogP contribution in [0, 0.1) is 5.92 Å². The van der Waals surface area contributed by atoms with Gasteiger partial charge < -0.3 is 24.1 Å². The molecule has 0 amide bonds. The van der Waals surface area contributed by atoms with Gasteiger partial charge in [-0.15, -0.1) is 0 Å². The lowest BCUT2D eigenvalue weighted by molar-refractivity contribution is -0.955. The maximum atomic E-state index is 13.3. The van der Waals surface area contributed by atoms with Crippen molar-refractivity contribution in [3.8, 4) is 0 Å². The number of carbonyl (C=O) groups excluding carboxylic acids is 4. The summed E-state index contributed by atoms with van der Waals surface area (Å²) in [5.41, 5.74) is -3.08. The summed E-state index contributed by atoms with van der Waals surface area (Å²) in [6.07, 6.45) is 1.46. The molecule has 0 spiro atoms. The Hall–Kier alpha value is -2.72. The molecule has 3 aliphatic heterocycles. The molecule has 3 rings (SSSR count). The topological polar surface area (TPSA) is 125 Å². The molecule has 0 aliphatic carbocycles. The van der Waals surface area contributed by atoms with Gasteiger partial charge in [0.1, 0.15) is 19.3 Å². The van der Waals surface area contributed by atoms with E-state index in [4.69, 9.17) is 18.9 Å². The average Bonchev–Trinajstić information content (AvgIpc) is 3.12. The molecule has 182 valence electrons. The minimum Gasteiger partial charge on any atom is -0.458 e. The van der Waals surface area contributed by atoms with Crippen LogP contribution in [0.5, 0.6) is 0 Å². The Morgan fingerprint density at radius 2 is 1.94 bits per heavy atom. The van der Waals surface area contributed by atoms with Crippen molar-refractivity contribution in [2.75, 3.05) is 26.7 Å². The number of likely N-dealkylation sites (N-methyl/N-ethyl adjacent to an activating group) is 1. The summed E-state index contributed by atoms with van der Waals surface area (Å²) in [6.45, 7) is 7.49. The fraction of sp³-hybridized carbons (Fsp3) is 0.652. The Morgan fingerprint density at radius 3 is 2.52 bits per heavy atom. The highest BCUT2D eigenvalue weighted by Crippen LogP contribution is 2.46. The summed E-state index contributed by atoms with van der Waals surface area (Å²) in [5, 5.41) is 11.7. The largest absolute Gasteiger partial charge is 0.458 e. The molecular formula is C23H32NO9+. The molecule has 10 heteroatoms. The molecule has 33 heavy (non-hydrogen) atoms. The standard InChI is InChI=1S/C23H32NO9/c1-7-17-19(31-14(3)25)13(2)22(5,33-15(4)26)21(28)30-12-16-8-10-24(6)11-9-18(23(16,24)29)32-20(17)27/h7-8,13,18-19,29H,9-12H2,1-6H3/q+1/b17-7-/t13?,18-,19?,22?,23+,24?/m1/s1. The third-order valence-corrected chi connectivity index (χ3v) is 7.21. The fourth-order valence-corrected chi connectivity index (χ4v) is 5.08. The SMILES string of the molecule is C/C=C1\C(=O)O[C@@H]2CC[N+]3(C)CC=C(COC(=O)C(C)(OC(C)=O)C(C)C1OC(C)=O)[C@]23O. The zero-order valence-corrected chi connectivity index (χ0v) is 19.9. The Morgan fingerprint density at radius 1 is 1.27 bits per heavy atom. The summed E-state index contributed by atoms with van der Waals surface area (Å²) < 4.78 is 22.3. The van der Waals surface area contributed by atoms with Crippen LogP contribution in [0.4, 0.5) is 0 Å². The molecule has 3 heterocycles. The van der Waals surface area contributed by atoms with Crippen LogP contribution in [0.15, 0.2) is 23.3 Å². The van der Waals surface area contributed by atoms with Gasteiger partial charge in [-0.1, -0.05) is 13.0 Å². The number of cyclic esters (lactones) is 1. The number of allylic oxidation sites excluding steroid dienone is 1. The van der Waals surface area contributed by atoms with Crippen LogP contribution in [-0.4, -0.2) is 83.7 Å². The Kier molecular flexibility index (Phi) is 6.47. The Bertz CT molecular complexity index is 940. The first-order valence-electron chi connectivity index (χ1n) is 11.0. The second kappa shape index (κ2) is 8.57. The van der Waals surface area contributed by atoms with Gasteiger partial charge in [0.05, 0.1) is 24.7 Å². The second-order valence-electron chi connectivity index (χ2n) is 9.28. The molecule has 1 N–H and O–H groups in total. The maximum Gasteiger partial charge on any atom is 0.351 e. The van der Waals surface area contributed by atoms with Crippen LogP contribution >= 0.6 is 0 Å². The molecule has 3 aliphatic rings. The summed E-state index contributed by atoms with van der Waals surface area (Å²) >= 11 is 0. The molecular weight excluding hydrogens is 434 g/mol. The van der Waals surface area contributed by atoms with E-state index >= 15 is 0 Å². The number of hydrogen-bond donors (Lipinski definition) is 1. The molecule has 10 nitrogen and oxygen atoms in total. The van der Waals surface area contributed by atoms with E-state index < -0.39 is 53.3 Å². The van der Waals surface area contributed by atoms with Gasteiger partial charge >= 0.3 is 23.9 Å². The quantitative estimate of drug-likeness (QED) is 0.206. The van der Waals surface area contributed by atoms with Crippen molar-refractivity contribution in [3.05, 3.63) is 23.3 Å². The predicted molar refractivity (Wildman–Crippen MR) is 113 cm³/mol. The van der Waals surface area contributed by atoms with Gasteiger partial charge in [-0.05, 0) is 19.9 Å². The van der Waals surface area contributed by atoms with Gasteiger partial charge in [0.15, 0.2) is 6.10 Å². The van der Waals surface area contributed by atoms with Gasteiger partial charge in [-0.25, -0.2) is 9.59 Å². The first kappa shape index (κ1) is 24.9. The number of aliphatic hydroxyl groups is 1. The predicted octanol–water partition coefficient (Wildman–Crippen LogP) is 0.770. The fourth-order valence-electron chi connectivity index (χ4n) is 5.08. The van der Waals surface area contributed by atoms with Crippen molar-refractivity contribution in [1.82, 2.24) is 0 Å². The lowest BCUT2D eigenvalue weighted by atomic mass is 9.82. The Labute approximate surface area is 192 Å². The highest BCUT2D eigenvalue weighted by atomic mass is 16.6. The molecule has 2 saturated heterocycles. The van der Waals surface area contributed by atoms with E-state index in [1.807, 2.05) is 7.05 Å². The molecule has 0 bridgehead atoms. The zero-order chi connectivity index (χ0) is 24.8. The number of hydrogen-bond acceptors (Lipinski definition) is 9. The highest BCUT2D eigenvalue weighted by molar-refractivity contribution is 5.91. The molecule has 0 aromatic heterocycles. The normalized spacial score (nSPS) is 40.0. The van der Waals surface area contributed by atoms with Crippen LogP contribution in [0.2, 0.25) is 0 Å². The number of quaternary nitrogens is 1. The van der Waals surface area contributed by atoms with Crippen LogP contribution in [-0.2, 0) is 38.1 Å². The highest BCUT2D eigenvalue weighted by Gasteiger charge is 2.65. The van der Waals surface area contributed by atoms with Crippen LogP contribution in [0.1, 0.15) is 41.0 Å². The van der Waals surface area contributed by atoms with Crippen LogP contribution in [0.3, 0.4) is 0 Å². The summed E-state index contributed by atoms with van der Waals surface area (Å²) in [4.78, 5) is 50.4. The smallest absolute Gasteiger partial charge is 0.351 e. The third-order valence-electron chi connectivity index (χ3n) is 7.21. The van der Waals surface area contributed by atoms with Gasteiger partial charge in [0.25, 0.3) is 5.72 Å². The molecule has 2 fully saturated rings. The van der Waals surface area contributed by atoms with Crippen LogP contribution in [0.25, 0.3) is 0 Å². The van der Waals surface area contributed by atoms with E-state index in [1.165, 1.54) is 26.8 Å². The summed E-state index contributed by atoms with van der Waals surface area (Å²) in [5.74, 6) is -4.12. The molecule has 4 unspecified atom stereocenters. The van der Waals surface area contributed by atoms with Crippen molar-refractivity contribution in [2.45, 2.75) is 64.6 Å². The maximum absolute atomic E-state index is 13.3. The molecule has 0 radical (unpaired) electrons. The molecule has 0 saturated carbocycles. The first-order chi connectivity index (χ1) is 15.3. The van der Waals surface area contributed by atoms with Crippen molar-refractivity contribution in [2.24, 2.45) is 5.92 Å². The lowest BCUT2D eigenvalue weighted by Crippen LogP contribution is -2.61. The van der Waals surface area contributed by atoms with Crippen molar-refractivity contribution >= 4 is 23.9 Å². The van der Waals surface area contributed by atoms with Gasteiger partial charge in [0.2, 0.25) is 5.60 Å².